The summed E-state index contributed by atoms with van der Waals surface area (Å²) in [6.45, 7) is 0. The van der Waals surface area contributed by atoms with Crippen molar-refractivity contribution >= 4 is 47.2 Å². The molecule has 4 amide bonds. The van der Waals surface area contributed by atoms with Gasteiger partial charge in [0.15, 0.2) is 0 Å². The Morgan fingerprint density at radius 1 is 1.00 bits per heavy atom. The van der Waals surface area contributed by atoms with Crippen LogP contribution in [0.1, 0.15) is 15.9 Å². The zero-order chi connectivity index (χ0) is 18.8. The van der Waals surface area contributed by atoms with Gasteiger partial charge < -0.3 is 5.11 Å². The third-order valence-corrected chi connectivity index (χ3v) is 3.91. The van der Waals surface area contributed by atoms with Gasteiger partial charge in [-0.25, -0.2) is 14.5 Å². The number of halogens is 1. The second-order valence-electron chi connectivity index (χ2n) is 5.36. The van der Waals surface area contributed by atoms with E-state index in [4.69, 9.17) is 16.7 Å². The molecule has 3 rings (SSSR count). The largest absolute Gasteiger partial charge is 0.478 e. The van der Waals surface area contributed by atoms with E-state index in [1.165, 1.54) is 54.6 Å². The number of carbonyl (C=O) groups is 4. The Bertz CT molecular complexity index is 949. The molecule has 0 atom stereocenters. The molecule has 1 aliphatic heterocycles. The van der Waals surface area contributed by atoms with Gasteiger partial charge in [0.2, 0.25) is 0 Å². The monoisotopic (exact) mass is 370 g/mol. The Morgan fingerprint density at radius 2 is 1.62 bits per heavy atom. The SMILES string of the molecule is O=C1NC(=O)N(c2ccc(Cl)cc2)C(=O)/C1=C\c1ccc(C(=O)O)cc1. The quantitative estimate of drug-likeness (QED) is 0.638. The fourth-order valence-corrected chi connectivity index (χ4v) is 2.50. The van der Waals surface area contributed by atoms with Crippen LogP contribution in [0.5, 0.6) is 0 Å². The topological polar surface area (TPSA) is 104 Å². The molecule has 2 N–H and O–H groups in total. The van der Waals surface area contributed by atoms with Crippen molar-refractivity contribution in [1.82, 2.24) is 5.32 Å². The number of imide groups is 2. The van der Waals surface area contributed by atoms with Gasteiger partial charge >= 0.3 is 12.0 Å². The van der Waals surface area contributed by atoms with Gasteiger partial charge in [0, 0.05) is 5.02 Å². The van der Waals surface area contributed by atoms with E-state index in [-0.39, 0.29) is 16.8 Å². The van der Waals surface area contributed by atoms with E-state index in [0.717, 1.165) is 4.90 Å². The van der Waals surface area contributed by atoms with E-state index in [0.29, 0.717) is 10.6 Å². The number of carboxylic acids is 1. The van der Waals surface area contributed by atoms with Crippen LogP contribution in [0, 0.1) is 0 Å². The van der Waals surface area contributed by atoms with Gasteiger partial charge in [0.05, 0.1) is 11.3 Å². The highest BCUT2D eigenvalue weighted by Crippen LogP contribution is 2.23. The number of hydrogen-bond donors (Lipinski definition) is 2. The number of anilines is 1. The predicted molar refractivity (Wildman–Crippen MR) is 93.9 cm³/mol. The maximum absolute atomic E-state index is 12.7. The zero-order valence-electron chi connectivity index (χ0n) is 13.1. The van der Waals surface area contributed by atoms with E-state index in [1.807, 2.05) is 0 Å². The van der Waals surface area contributed by atoms with Crippen LogP contribution in [-0.4, -0.2) is 28.9 Å². The number of benzene rings is 2. The van der Waals surface area contributed by atoms with E-state index >= 15 is 0 Å². The molecular weight excluding hydrogens is 360 g/mol. The van der Waals surface area contributed by atoms with Crippen LogP contribution in [-0.2, 0) is 9.59 Å². The lowest BCUT2D eigenvalue weighted by molar-refractivity contribution is -0.122. The second-order valence-corrected chi connectivity index (χ2v) is 5.80. The highest BCUT2D eigenvalue weighted by Gasteiger charge is 2.36. The summed E-state index contributed by atoms with van der Waals surface area (Å²) in [5.74, 6) is -2.70. The molecule has 26 heavy (non-hydrogen) atoms. The number of amides is 4. The number of aromatic carboxylic acids is 1. The van der Waals surface area contributed by atoms with Crippen LogP contribution in [0.15, 0.2) is 54.1 Å². The number of carboxylic acid groups (broad SMARTS) is 1. The molecule has 0 aromatic heterocycles. The van der Waals surface area contributed by atoms with Gasteiger partial charge in [0.25, 0.3) is 11.8 Å². The van der Waals surface area contributed by atoms with Crippen LogP contribution in [0.4, 0.5) is 10.5 Å². The molecule has 2 aromatic rings. The minimum absolute atomic E-state index is 0.0736. The van der Waals surface area contributed by atoms with E-state index in [2.05, 4.69) is 5.32 Å². The van der Waals surface area contributed by atoms with E-state index in [9.17, 15) is 19.2 Å². The molecule has 7 nitrogen and oxygen atoms in total. The predicted octanol–water partition coefficient (Wildman–Crippen LogP) is 2.70. The standard InChI is InChI=1S/C18H11ClN2O5/c19-12-5-7-13(8-6-12)21-16(23)14(15(22)20-18(21)26)9-10-1-3-11(4-2-10)17(24)25/h1-9H,(H,24,25)(H,20,22,26)/b14-9-. The molecule has 1 heterocycles. The molecule has 0 unspecified atom stereocenters. The molecule has 0 saturated carbocycles. The van der Waals surface area contributed by atoms with E-state index < -0.39 is 23.8 Å². The first-order chi connectivity index (χ1) is 12.4. The van der Waals surface area contributed by atoms with Crippen LogP contribution < -0.4 is 10.2 Å². The summed E-state index contributed by atoms with van der Waals surface area (Å²) >= 11 is 5.81. The average Bonchev–Trinajstić information content (AvgIpc) is 2.60. The van der Waals surface area contributed by atoms with Crippen molar-refractivity contribution in [1.29, 1.82) is 0 Å². The lowest BCUT2D eigenvalue weighted by Crippen LogP contribution is -2.54. The van der Waals surface area contributed by atoms with Crippen molar-refractivity contribution in [2.75, 3.05) is 4.90 Å². The molecule has 1 aliphatic rings. The number of barbiturate groups is 1. The summed E-state index contributed by atoms with van der Waals surface area (Å²) < 4.78 is 0. The molecule has 8 heteroatoms. The van der Waals surface area contributed by atoms with Crippen molar-refractivity contribution in [2.24, 2.45) is 0 Å². The Labute approximate surface area is 152 Å². The number of nitrogens with zero attached hydrogens (tertiary/aromatic N) is 1. The summed E-state index contributed by atoms with van der Waals surface area (Å²) in [4.78, 5) is 48.5. The smallest absolute Gasteiger partial charge is 0.335 e. The third kappa shape index (κ3) is 3.33. The van der Waals surface area contributed by atoms with Gasteiger partial charge in [-0.2, -0.15) is 0 Å². The minimum atomic E-state index is -1.09. The first kappa shape index (κ1) is 17.4. The molecule has 1 fully saturated rings. The number of hydrogen-bond acceptors (Lipinski definition) is 4. The molecular formula is C18H11ClN2O5. The minimum Gasteiger partial charge on any atom is -0.478 e. The van der Waals surface area contributed by atoms with Crippen LogP contribution >= 0.6 is 11.6 Å². The van der Waals surface area contributed by atoms with Gasteiger partial charge in [-0.05, 0) is 48.0 Å². The molecule has 2 aromatic carbocycles. The number of nitrogens with one attached hydrogen (secondary N) is 1. The molecule has 0 aliphatic carbocycles. The molecule has 0 radical (unpaired) electrons. The van der Waals surface area contributed by atoms with Crippen molar-refractivity contribution < 1.29 is 24.3 Å². The van der Waals surface area contributed by atoms with Gasteiger partial charge in [-0.15, -0.1) is 0 Å². The maximum Gasteiger partial charge on any atom is 0.335 e. The first-order valence-corrected chi connectivity index (χ1v) is 7.75. The Hall–Kier alpha value is -3.45. The van der Waals surface area contributed by atoms with Crippen molar-refractivity contribution in [3.05, 3.63) is 70.3 Å². The number of rotatable bonds is 3. The fourth-order valence-electron chi connectivity index (χ4n) is 2.37. The Morgan fingerprint density at radius 3 is 2.19 bits per heavy atom. The Kier molecular flexibility index (Phi) is 4.55. The summed E-state index contributed by atoms with van der Waals surface area (Å²) in [7, 11) is 0. The fraction of sp³-hybridized carbons (Fsp3) is 0. The van der Waals surface area contributed by atoms with Crippen LogP contribution in [0.25, 0.3) is 6.08 Å². The average molecular weight is 371 g/mol. The van der Waals surface area contributed by atoms with Crippen molar-refractivity contribution in [3.63, 3.8) is 0 Å². The molecule has 130 valence electrons. The molecule has 1 saturated heterocycles. The van der Waals surface area contributed by atoms with Gasteiger partial charge in [0.1, 0.15) is 5.57 Å². The summed E-state index contributed by atoms with van der Waals surface area (Å²) in [6, 6.07) is 10.7. The van der Waals surface area contributed by atoms with Gasteiger partial charge in [-0.3, -0.25) is 14.9 Å². The highest BCUT2D eigenvalue weighted by atomic mass is 35.5. The second kappa shape index (κ2) is 6.81. The first-order valence-electron chi connectivity index (χ1n) is 7.37. The summed E-state index contributed by atoms with van der Waals surface area (Å²) in [5, 5.41) is 11.4. The molecule has 0 bridgehead atoms. The van der Waals surface area contributed by atoms with Gasteiger partial charge in [-0.1, -0.05) is 23.7 Å². The lowest BCUT2D eigenvalue weighted by Gasteiger charge is -2.26. The highest BCUT2D eigenvalue weighted by molar-refractivity contribution is 6.39. The number of urea groups is 1. The zero-order valence-corrected chi connectivity index (χ0v) is 13.9. The number of carbonyl (C=O) groups excluding carboxylic acids is 3. The third-order valence-electron chi connectivity index (χ3n) is 3.66. The summed E-state index contributed by atoms with van der Waals surface area (Å²) in [6.07, 6.45) is 1.29. The Balaban J connectivity index is 1.96. The lowest BCUT2D eigenvalue weighted by atomic mass is 10.1. The van der Waals surface area contributed by atoms with Crippen LogP contribution in [0.2, 0.25) is 5.02 Å². The van der Waals surface area contributed by atoms with Crippen molar-refractivity contribution in [3.8, 4) is 0 Å². The summed E-state index contributed by atoms with van der Waals surface area (Å²) in [5.41, 5.74) is 0.530. The van der Waals surface area contributed by atoms with Crippen molar-refractivity contribution in [2.45, 2.75) is 0 Å². The van der Waals surface area contributed by atoms with E-state index in [1.54, 1.807) is 0 Å². The molecule has 0 spiro atoms. The normalized spacial score (nSPS) is 16.0. The van der Waals surface area contributed by atoms with Crippen LogP contribution in [0.3, 0.4) is 0 Å². The maximum atomic E-state index is 12.7.